The van der Waals surface area contributed by atoms with Crippen LogP contribution in [0, 0.1) is 10.1 Å². The number of hydrogen-bond donors (Lipinski definition) is 0. The molecule has 0 aliphatic heterocycles. The van der Waals surface area contributed by atoms with Gasteiger partial charge in [0.05, 0.1) is 34.3 Å². The first kappa shape index (κ1) is 39.5. The second-order valence-electron chi connectivity index (χ2n) is 12.1. The van der Waals surface area contributed by atoms with Crippen molar-refractivity contribution in [2.45, 2.75) is 78.1 Å². The second kappa shape index (κ2) is 21.2. The van der Waals surface area contributed by atoms with Gasteiger partial charge in [0.2, 0.25) is 0 Å². The SMILES string of the molecule is CCCCCCCOc1ccc(C(=O)Oc2ccc(N=Nc3ccc([N+](=O)[O-])cc3Cl)c(OC(=O)c3ccc(OCCCCCCC)cc3)c2)cc1. The Bertz CT molecular complexity index is 1800. The number of carbonyl (C=O) groups excluding carboxylic acids is 2. The predicted octanol–water partition coefficient (Wildman–Crippen LogP) is 11.8. The molecule has 0 atom stereocenters. The van der Waals surface area contributed by atoms with E-state index in [1.54, 1.807) is 48.5 Å². The van der Waals surface area contributed by atoms with E-state index in [9.17, 15) is 19.7 Å². The van der Waals surface area contributed by atoms with E-state index in [0.717, 1.165) is 31.7 Å². The standard InChI is InChI=1S/C40H44ClN3O8/c1-3-5-7-9-11-25-49-32-18-13-29(14-19-32)39(45)51-34-22-24-37(43-42-36-23-17-31(44(47)48)27-35(36)41)38(28-34)52-40(46)30-15-20-33(21-16-30)50-26-12-10-8-6-4-2/h13-24,27-28H,3-12,25-26H2,1-2H3. The number of ether oxygens (including phenoxy) is 4. The van der Waals surface area contributed by atoms with Crippen molar-refractivity contribution in [2.24, 2.45) is 10.2 Å². The number of azo groups is 1. The number of benzene rings is 4. The monoisotopic (exact) mass is 729 g/mol. The summed E-state index contributed by atoms with van der Waals surface area (Å²) in [4.78, 5) is 36.8. The van der Waals surface area contributed by atoms with Gasteiger partial charge in [0.15, 0.2) is 5.75 Å². The Balaban J connectivity index is 1.47. The number of carbonyl (C=O) groups is 2. The third-order valence-electron chi connectivity index (χ3n) is 7.97. The molecular formula is C40H44ClN3O8. The second-order valence-corrected chi connectivity index (χ2v) is 12.5. The number of unbranched alkanes of at least 4 members (excludes halogenated alkanes) is 8. The van der Waals surface area contributed by atoms with Gasteiger partial charge in [-0.1, -0.05) is 76.8 Å². The molecule has 4 aromatic carbocycles. The Hall–Kier alpha value is -5.29. The number of nitro benzene ring substituents is 1. The maximum absolute atomic E-state index is 13.3. The fourth-order valence-corrected chi connectivity index (χ4v) is 5.22. The lowest BCUT2D eigenvalue weighted by Crippen LogP contribution is -2.10. The number of rotatable bonds is 21. The summed E-state index contributed by atoms with van der Waals surface area (Å²) in [5.74, 6) is 0.0163. The summed E-state index contributed by atoms with van der Waals surface area (Å²) in [7, 11) is 0. The van der Waals surface area contributed by atoms with Crippen LogP contribution in [0.4, 0.5) is 17.1 Å². The van der Waals surface area contributed by atoms with Crippen molar-refractivity contribution in [3.8, 4) is 23.0 Å². The zero-order chi connectivity index (χ0) is 37.1. The lowest BCUT2D eigenvalue weighted by Gasteiger charge is -2.11. The van der Waals surface area contributed by atoms with E-state index in [2.05, 4.69) is 24.1 Å². The molecule has 0 N–H and O–H groups in total. The van der Waals surface area contributed by atoms with E-state index in [-0.39, 0.29) is 39.1 Å². The van der Waals surface area contributed by atoms with Crippen LogP contribution in [0.5, 0.6) is 23.0 Å². The zero-order valence-electron chi connectivity index (χ0n) is 29.6. The fourth-order valence-electron chi connectivity index (χ4n) is 5.01. The summed E-state index contributed by atoms with van der Waals surface area (Å²) in [5.41, 5.74) is 0.621. The topological polar surface area (TPSA) is 139 Å². The van der Waals surface area contributed by atoms with Crippen molar-refractivity contribution in [1.29, 1.82) is 0 Å². The molecule has 0 heterocycles. The quantitative estimate of drug-likeness (QED) is 0.0206. The molecule has 0 spiro atoms. The van der Waals surface area contributed by atoms with Crippen LogP contribution in [0.15, 0.2) is 95.2 Å². The van der Waals surface area contributed by atoms with Gasteiger partial charge in [-0.3, -0.25) is 10.1 Å². The van der Waals surface area contributed by atoms with Crippen molar-refractivity contribution in [3.05, 3.63) is 111 Å². The van der Waals surface area contributed by atoms with Gasteiger partial charge in [-0.25, -0.2) is 9.59 Å². The summed E-state index contributed by atoms with van der Waals surface area (Å²) < 4.78 is 22.9. The third-order valence-corrected chi connectivity index (χ3v) is 8.27. The largest absolute Gasteiger partial charge is 0.494 e. The zero-order valence-corrected chi connectivity index (χ0v) is 30.3. The molecule has 0 aliphatic rings. The van der Waals surface area contributed by atoms with Gasteiger partial charge in [-0.2, -0.15) is 0 Å². The molecule has 52 heavy (non-hydrogen) atoms. The molecule has 11 nitrogen and oxygen atoms in total. The third kappa shape index (κ3) is 12.8. The Morgan fingerprint density at radius 3 is 1.62 bits per heavy atom. The number of nitro groups is 1. The minimum Gasteiger partial charge on any atom is -0.494 e. The van der Waals surface area contributed by atoms with E-state index in [1.165, 1.54) is 68.9 Å². The highest BCUT2D eigenvalue weighted by Crippen LogP contribution is 2.36. The highest BCUT2D eigenvalue weighted by atomic mass is 35.5. The van der Waals surface area contributed by atoms with Crippen molar-refractivity contribution < 1.29 is 33.5 Å². The number of halogens is 1. The van der Waals surface area contributed by atoms with Crippen LogP contribution in [-0.4, -0.2) is 30.1 Å². The molecule has 0 radical (unpaired) electrons. The first-order valence-corrected chi connectivity index (χ1v) is 18.0. The predicted molar refractivity (Wildman–Crippen MR) is 200 cm³/mol. The molecule has 4 aromatic rings. The Kier molecular flexibility index (Phi) is 16.1. The van der Waals surface area contributed by atoms with Crippen LogP contribution in [0.25, 0.3) is 0 Å². The molecule has 0 amide bonds. The minimum atomic E-state index is -0.694. The molecular weight excluding hydrogens is 686 g/mol. The number of hydrogen-bond acceptors (Lipinski definition) is 10. The van der Waals surface area contributed by atoms with Crippen LogP contribution in [-0.2, 0) is 0 Å². The van der Waals surface area contributed by atoms with Crippen LogP contribution in [0.2, 0.25) is 5.02 Å². The number of nitrogens with zero attached hydrogens (tertiary/aromatic N) is 3. The first-order chi connectivity index (χ1) is 25.3. The van der Waals surface area contributed by atoms with Gasteiger partial charge in [-0.05, 0) is 79.6 Å². The number of non-ortho nitro benzene ring substituents is 1. The Morgan fingerprint density at radius 2 is 1.10 bits per heavy atom. The molecule has 12 heteroatoms. The van der Waals surface area contributed by atoms with E-state index >= 15 is 0 Å². The minimum absolute atomic E-state index is 0.00806. The van der Waals surface area contributed by atoms with Gasteiger partial charge >= 0.3 is 11.9 Å². The molecule has 4 rings (SSSR count). The lowest BCUT2D eigenvalue weighted by molar-refractivity contribution is -0.384. The molecule has 0 aliphatic carbocycles. The van der Waals surface area contributed by atoms with Crippen molar-refractivity contribution in [1.82, 2.24) is 0 Å². The maximum Gasteiger partial charge on any atom is 0.343 e. The van der Waals surface area contributed by atoms with Gasteiger partial charge < -0.3 is 18.9 Å². The molecule has 274 valence electrons. The van der Waals surface area contributed by atoms with Gasteiger partial charge in [-0.15, -0.1) is 10.2 Å². The van der Waals surface area contributed by atoms with Crippen LogP contribution in [0.1, 0.15) is 98.8 Å². The average Bonchev–Trinajstić information content (AvgIpc) is 3.15. The maximum atomic E-state index is 13.3. The molecule has 0 fully saturated rings. The van der Waals surface area contributed by atoms with Crippen molar-refractivity contribution in [2.75, 3.05) is 13.2 Å². The normalized spacial score (nSPS) is 11.0. The smallest absolute Gasteiger partial charge is 0.343 e. The van der Waals surface area contributed by atoms with E-state index in [0.29, 0.717) is 30.3 Å². The summed E-state index contributed by atoms with van der Waals surface area (Å²) in [5, 5.41) is 19.4. The van der Waals surface area contributed by atoms with E-state index in [1.807, 2.05) is 0 Å². The van der Waals surface area contributed by atoms with Crippen LogP contribution in [0.3, 0.4) is 0 Å². The van der Waals surface area contributed by atoms with Crippen molar-refractivity contribution >= 4 is 40.6 Å². The summed E-state index contributed by atoms with van der Waals surface area (Å²) >= 11 is 6.20. The van der Waals surface area contributed by atoms with Crippen molar-refractivity contribution in [3.63, 3.8) is 0 Å². The van der Waals surface area contributed by atoms with Gasteiger partial charge in [0.25, 0.3) is 5.69 Å². The lowest BCUT2D eigenvalue weighted by atomic mass is 10.2. The molecule has 0 aromatic heterocycles. The fraction of sp³-hybridized carbons (Fsp3) is 0.350. The summed E-state index contributed by atoms with van der Waals surface area (Å²) in [6, 6.07) is 21.3. The summed E-state index contributed by atoms with van der Waals surface area (Å²) in [6.07, 6.45) is 11.3. The van der Waals surface area contributed by atoms with E-state index in [4.69, 9.17) is 30.5 Å². The van der Waals surface area contributed by atoms with Crippen LogP contribution < -0.4 is 18.9 Å². The molecule has 0 unspecified atom stereocenters. The Morgan fingerprint density at radius 1 is 0.615 bits per heavy atom. The molecule has 0 saturated carbocycles. The highest BCUT2D eigenvalue weighted by Gasteiger charge is 2.17. The van der Waals surface area contributed by atoms with E-state index < -0.39 is 16.9 Å². The van der Waals surface area contributed by atoms with Gasteiger partial charge in [0, 0.05) is 18.2 Å². The average molecular weight is 730 g/mol. The van der Waals surface area contributed by atoms with Crippen LogP contribution >= 0.6 is 11.6 Å². The first-order valence-electron chi connectivity index (χ1n) is 17.7. The number of esters is 2. The molecule has 0 saturated heterocycles. The summed E-state index contributed by atoms with van der Waals surface area (Å²) in [6.45, 7) is 5.54. The highest BCUT2D eigenvalue weighted by molar-refractivity contribution is 6.33. The van der Waals surface area contributed by atoms with Gasteiger partial charge in [0.1, 0.15) is 28.6 Å². The molecule has 0 bridgehead atoms. The Labute approximate surface area is 309 Å².